The monoisotopic (exact) mass is 256 g/mol. The van der Waals surface area contributed by atoms with Crippen LogP contribution in [0.15, 0.2) is 0 Å². The predicted octanol–water partition coefficient (Wildman–Crippen LogP) is 2.42. The van der Waals surface area contributed by atoms with Gasteiger partial charge in [0.15, 0.2) is 0 Å². The van der Waals surface area contributed by atoms with Crippen LogP contribution in [0.2, 0.25) is 0 Å². The molecule has 4 heteroatoms. The highest BCUT2D eigenvalue weighted by Crippen LogP contribution is 2.33. The Morgan fingerprint density at radius 2 is 2.00 bits per heavy atom. The fourth-order valence-corrected chi connectivity index (χ4v) is 2.77. The number of carbonyl (C=O) groups excluding carboxylic acids is 1. The molecule has 106 valence electrons. The molecule has 0 heterocycles. The summed E-state index contributed by atoms with van der Waals surface area (Å²) < 4.78 is 0. The maximum atomic E-state index is 11.9. The maximum absolute atomic E-state index is 11.9. The molecule has 0 spiro atoms. The van der Waals surface area contributed by atoms with Gasteiger partial charge in [-0.2, -0.15) is 0 Å². The van der Waals surface area contributed by atoms with Crippen LogP contribution in [-0.2, 0) is 0 Å². The molecule has 2 amide bonds. The summed E-state index contributed by atoms with van der Waals surface area (Å²) >= 11 is 0. The van der Waals surface area contributed by atoms with E-state index in [4.69, 9.17) is 5.11 Å². The molecule has 18 heavy (non-hydrogen) atoms. The number of hydrogen-bond acceptors (Lipinski definition) is 2. The molecule has 0 aromatic carbocycles. The summed E-state index contributed by atoms with van der Waals surface area (Å²) in [4.78, 5) is 11.9. The van der Waals surface area contributed by atoms with Gasteiger partial charge < -0.3 is 15.7 Å². The lowest BCUT2D eigenvalue weighted by Gasteiger charge is -2.33. The quantitative estimate of drug-likeness (QED) is 0.683. The van der Waals surface area contributed by atoms with Crippen molar-refractivity contribution in [1.29, 1.82) is 0 Å². The molecule has 0 radical (unpaired) electrons. The van der Waals surface area contributed by atoms with Gasteiger partial charge in [0.1, 0.15) is 0 Å². The van der Waals surface area contributed by atoms with Gasteiger partial charge in [0.25, 0.3) is 0 Å². The molecule has 1 aliphatic rings. The van der Waals surface area contributed by atoms with E-state index in [2.05, 4.69) is 24.5 Å². The minimum absolute atomic E-state index is 0.0858. The van der Waals surface area contributed by atoms with Gasteiger partial charge >= 0.3 is 6.03 Å². The first kappa shape index (κ1) is 15.3. The van der Waals surface area contributed by atoms with E-state index in [0.29, 0.717) is 5.92 Å². The molecule has 3 N–H and O–H groups in total. The van der Waals surface area contributed by atoms with Gasteiger partial charge in [-0.3, -0.25) is 0 Å². The van der Waals surface area contributed by atoms with Gasteiger partial charge in [0.2, 0.25) is 0 Å². The van der Waals surface area contributed by atoms with Crippen LogP contribution in [0.4, 0.5) is 4.79 Å². The molecule has 4 nitrogen and oxygen atoms in total. The van der Waals surface area contributed by atoms with E-state index < -0.39 is 0 Å². The molecule has 1 atom stereocenters. The fourth-order valence-electron chi connectivity index (χ4n) is 2.77. The zero-order valence-electron chi connectivity index (χ0n) is 12.0. The van der Waals surface area contributed by atoms with E-state index in [1.165, 1.54) is 25.7 Å². The Hall–Kier alpha value is -0.770. The smallest absolute Gasteiger partial charge is 0.315 e. The Morgan fingerprint density at radius 3 is 2.56 bits per heavy atom. The van der Waals surface area contributed by atoms with Crippen molar-refractivity contribution in [3.8, 4) is 0 Å². The van der Waals surface area contributed by atoms with E-state index in [9.17, 15) is 4.79 Å². The van der Waals surface area contributed by atoms with Crippen LogP contribution in [0.1, 0.15) is 59.3 Å². The molecule has 1 saturated carbocycles. The lowest BCUT2D eigenvalue weighted by Crippen LogP contribution is -2.53. The number of nitrogens with one attached hydrogen (secondary N) is 2. The average molecular weight is 256 g/mol. The Labute approximate surface area is 111 Å². The van der Waals surface area contributed by atoms with Crippen molar-refractivity contribution in [2.24, 2.45) is 5.92 Å². The highest BCUT2D eigenvalue weighted by molar-refractivity contribution is 5.75. The van der Waals surface area contributed by atoms with Crippen molar-refractivity contribution in [2.45, 2.75) is 70.9 Å². The summed E-state index contributed by atoms with van der Waals surface area (Å²) in [5.41, 5.74) is -0.128. The molecule has 1 fully saturated rings. The summed E-state index contributed by atoms with van der Waals surface area (Å²) in [5.74, 6) is 0.594. The summed E-state index contributed by atoms with van der Waals surface area (Å²) in [6.45, 7) is 6.38. The van der Waals surface area contributed by atoms with Crippen LogP contribution in [0.25, 0.3) is 0 Å². The molecule has 0 aromatic rings. The molecule has 0 bridgehead atoms. The largest absolute Gasteiger partial charge is 0.396 e. The van der Waals surface area contributed by atoms with Gasteiger partial charge in [0.05, 0.1) is 0 Å². The highest BCUT2D eigenvalue weighted by atomic mass is 16.3. The number of urea groups is 1. The standard InChI is InChI=1S/C14H28N2O2/c1-11(7-6-10-17)15-13(18)16-14(2,3)12-8-4-5-9-12/h11-12,17H,4-10H2,1-3H3,(H2,15,16,18). The first-order valence-corrected chi connectivity index (χ1v) is 7.15. The zero-order valence-corrected chi connectivity index (χ0v) is 12.0. The summed E-state index contributed by atoms with van der Waals surface area (Å²) in [5, 5.41) is 14.8. The third-order valence-corrected chi connectivity index (χ3v) is 3.98. The van der Waals surface area contributed by atoms with Gasteiger partial charge in [-0.15, -0.1) is 0 Å². The van der Waals surface area contributed by atoms with E-state index >= 15 is 0 Å². The molecule has 1 aliphatic carbocycles. The summed E-state index contributed by atoms with van der Waals surface area (Å²) in [6.07, 6.45) is 6.54. The molecule has 0 aromatic heterocycles. The van der Waals surface area contributed by atoms with Gasteiger partial charge in [-0.1, -0.05) is 12.8 Å². The SMILES string of the molecule is CC(CCCO)NC(=O)NC(C)(C)C1CCCC1. The second-order valence-electron chi connectivity index (χ2n) is 6.07. The fraction of sp³-hybridized carbons (Fsp3) is 0.929. The van der Waals surface area contributed by atoms with Crippen molar-refractivity contribution in [3.05, 3.63) is 0 Å². The molecular formula is C14H28N2O2. The Morgan fingerprint density at radius 1 is 1.39 bits per heavy atom. The van der Waals surface area contributed by atoms with Crippen molar-refractivity contribution in [1.82, 2.24) is 10.6 Å². The summed E-state index contributed by atoms with van der Waals surface area (Å²) in [7, 11) is 0. The Balaban J connectivity index is 2.33. The van der Waals surface area contributed by atoms with Crippen molar-refractivity contribution in [2.75, 3.05) is 6.61 Å². The second-order valence-corrected chi connectivity index (χ2v) is 6.07. The minimum Gasteiger partial charge on any atom is -0.396 e. The first-order valence-electron chi connectivity index (χ1n) is 7.15. The van der Waals surface area contributed by atoms with Crippen LogP contribution in [-0.4, -0.2) is 29.3 Å². The third-order valence-electron chi connectivity index (χ3n) is 3.98. The number of aliphatic hydroxyl groups is 1. The van der Waals surface area contributed by atoms with E-state index in [1.807, 2.05) is 6.92 Å². The normalized spacial score (nSPS) is 18.7. The van der Waals surface area contributed by atoms with E-state index in [0.717, 1.165) is 12.8 Å². The van der Waals surface area contributed by atoms with Crippen LogP contribution in [0.5, 0.6) is 0 Å². The average Bonchev–Trinajstić information content (AvgIpc) is 2.79. The molecule has 0 saturated heterocycles. The second kappa shape index (κ2) is 6.98. The lowest BCUT2D eigenvalue weighted by atomic mass is 9.86. The first-order chi connectivity index (χ1) is 8.45. The van der Waals surface area contributed by atoms with Gasteiger partial charge in [-0.25, -0.2) is 4.79 Å². The Bertz CT molecular complexity index is 261. The summed E-state index contributed by atoms with van der Waals surface area (Å²) in [6, 6.07) is 0.0221. The van der Waals surface area contributed by atoms with E-state index in [1.54, 1.807) is 0 Å². The van der Waals surface area contributed by atoms with E-state index in [-0.39, 0.29) is 24.2 Å². The lowest BCUT2D eigenvalue weighted by molar-refractivity contribution is 0.206. The number of amides is 2. The third kappa shape index (κ3) is 4.84. The number of rotatable bonds is 6. The molecule has 0 aliphatic heterocycles. The van der Waals surface area contributed by atoms with Crippen molar-refractivity contribution in [3.63, 3.8) is 0 Å². The highest BCUT2D eigenvalue weighted by Gasteiger charge is 2.33. The van der Waals surface area contributed by atoms with Crippen LogP contribution < -0.4 is 10.6 Å². The van der Waals surface area contributed by atoms with Crippen LogP contribution in [0, 0.1) is 5.92 Å². The minimum atomic E-state index is -0.128. The maximum Gasteiger partial charge on any atom is 0.315 e. The van der Waals surface area contributed by atoms with Crippen LogP contribution in [0.3, 0.4) is 0 Å². The number of carbonyl (C=O) groups is 1. The zero-order chi connectivity index (χ0) is 13.6. The van der Waals surface area contributed by atoms with Gasteiger partial charge in [0, 0.05) is 18.2 Å². The predicted molar refractivity (Wildman–Crippen MR) is 73.5 cm³/mol. The number of aliphatic hydroxyl groups excluding tert-OH is 1. The molecule has 1 rings (SSSR count). The van der Waals surface area contributed by atoms with Gasteiger partial charge in [-0.05, 0) is 52.4 Å². The Kier molecular flexibility index (Phi) is 5.93. The topological polar surface area (TPSA) is 61.4 Å². The number of hydrogen-bond donors (Lipinski definition) is 3. The van der Waals surface area contributed by atoms with Crippen LogP contribution >= 0.6 is 0 Å². The molecular weight excluding hydrogens is 228 g/mol. The van der Waals surface area contributed by atoms with Crippen molar-refractivity contribution < 1.29 is 9.90 Å². The molecule has 1 unspecified atom stereocenters. The van der Waals surface area contributed by atoms with Crippen molar-refractivity contribution >= 4 is 6.03 Å².